The van der Waals surface area contributed by atoms with Crippen LogP contribution in [0, 0.1) is 0 Å². The quantitative estimate of drug-likeness (QED) is 0.647. The zero-order valence-corrected chi connectivity index (χ0v) is 9.05. The van der Waals surface area contributed by atoms with Crippen LogP contribution in [-0.2, 0) is 4.87 Å². The molecule has 0 aliphatic rings. The average Bonchev–Trinajstić information content (AvgIpc) is 2.16. The minimum Gasteiger partial charge on any atom is -0.256 e. The number of alkyl halides is 1. The molecular weight excluding hydrogens is 194 g/mol. The molecule has 0 N–H and O–H groups in total. The van der Waals surface area contributed by atoms with Crippen LogP contribution in [0.5, 0.6) is 0 Å². The highest BCUT2D eigenvalue weighted by Gasteiger charge is 2.16. The van der Waals surface area contributed by atoms with E-state index in [0.29, 0.717) is 0 Å². The molecule has 2 heteroatoms. The summed E-state index contributed by atoms with van der Waals surface area (Å²) in [6.07, 6.45) is 1.80. The van der Waals surface area contributed by atoms with Crippen LogP contribution in [0.3, 0.4) is 0 Å². The summed E-state index contributed by atoms with van der Waals surface area (Å²) in [6, 6.07) is 10.1. The van der Waals surface area contributed by atoms with Crippen LogP contribution in [0.4, 0.5) is 0 Å². The highest BCUT2D eigenvalue weighted by atomic mass is 35.5. The van der Waals surface area contributed by atoms with Gasteiger partial charge in [-0.15, -0.1) is 11.6 Å². The van der Waals surface area contributed by atoms with Crippen LogP contribution in [-0.4, -0.2) is 4.98 Å². The lowest BCUT2D eigenvalue weighted by Crippen LogP contribution is -2.06. The van der Waals surface area contributed by atoms with E-state index in [1.165, 1.54) is 0 Å². The maximum absolute atomic E-state index is 6.24. The molecule has 1 aromatic carbocycles. The molecule has 0 bridgehead atoms. The van der Waals surface area contributed by atoms with E-state index < -0.39 is 0 Å². The first kappa shape index (κ1) is 9.47. The van der Waals surface area contributed by atoms with Crippen molar-refractivity contribution in [3.05, 3.63) is 42.1 Å². The Labute approximate surface area is 88.7 Å². The summed E-state index contributed by atoms with van der Waals surface area (Å²) < 4.78 is 0. The normalized spacial score (nSPS) is 11.9. The number of aromatic nitrogens is 1. The fourth-order valence-corrected chi connectivity index (χ4v) is 1.56. The highest BCUT2D eigenvalue weighted by Crippen LogP contribution is 2.29. The second-order valence-electron chi connectivity index (χ2n) is 3.88. The van der Waals surface area contributed by atoms with E-state index >= 15 is 0 Å². The minimum absolute atomic E-state index is 0.315. The maximum Gasteiger partial charge on any atom is 0.0702 e. The zero-order valence-electron chi connectivity index (χ0n) is 8.29. The number of benzene rings is 1. The predicted molar refractivity (Wildman–Crippen MR) is 60.6 cm³/mol. The van der Waals surface area contributed by atoms with E-state index in [1.807, 2.05) is 32.0 Å². The van der Waals surface area contributed by atoms with Gasteiger partial charge in [-0.1, -0.05) is 12.1 Å². The molecule has 14 heavy (non-hydrogen) atoms. The number of nitrogens with zero attached hydrogens (tertiary/aromatic N) is 1. The van der Waals surface area contributed by atoms with Crippen LogP contribution >= 0.6 is 11.6 Å². The van der Waals surface area contributed by atoms with Crippen LogP contribution in [0.25, 0.3) is 10.9 Å². The first-order chi connectivity index (χ1) is 6.57. The van der Waals surface area contributed by atoms with Gasteiger partial charge < -0.3 is 0 Å². The van der Waals surface area contributed by atoms with Crippen molar-refractivity contribution in [2.75, 3.05) is 0 Å². The van der Waals surface area contributed by atoms with Gasteiger partial charge in [0.15, 0.2) is 0 Å². The van der Waals surface area contributed by atoms with E-state index in [4.69, 9.17) is 11.6 Å². The molecule has 0 aliphatic carbocycles. The van der Waals surface area contributed by atoms with E-state index in [2.05, 4.69) is 17.1 Å². The number of halogens is 1. The van der Waals surface area contributed by atoms with Gasteiger partial charge in [0.05, 0.1) is 10.4 Å². The van der Waals surface area contributed by atoms with Gasteiger partial charge in [0.2, 0.25) is 0 Å². The Morgan fingerprint density at radius 1 is 1.21 bits per heavy atom. The van der Waals surface area contributed by atoms with Gasteiger partial charge in [0, 0.05) is 11.6 Å². The van der Waals surface area contributed by atoms with Crippen molar-refractivity contribution in [1.82, 2.24) is 4.98 Å². The maximum atomic E-state index is 6.24. The smallest absolute Gasteiger partial charge is 0.0702 e. The third-order valence-corrected chi connectivity index (χ3v) is 2.51. The molecule has 0 amide bonds. The molecule has 0 saturated heterocycles. The predicted octanol–water partition coefficient (Wildman–Crippen LogP) is 3.71. The zero-order chi connectivity index (χ0) is 10.2. The number of pyridine rings is 1. The van der Waals surface area contributed by atoms with Crippen molar-refractivity contribution in [3.8, 4) is 0 Å². The van der Waals surface area contributed by atoms with Crippen molar-refractivity contribution in [2.24, 2.45) is 0 Å². The number of fused-ring (bicyclic) bond motifs is 1. The molecule has 2 rings (SSSR count). The fourth-order valence-electron chi connectivity index (χ4n) is 1.45. The molecule has 1 heterocycles. The fraction of sp³-hybridized carbons (Fsp3) is 0.250. The van der Waals surface area contributed by atoms with Crippen LogP contribution in [0.2, 0.25) is 0 Å². The van der Waals surface area contributed by atoms with Crippen molar-refractivity contribution in [3.63, 3.8) is 0 Å². The Morgan fingerprint density at radius 2 is 2.00 bits per heavy atom. The number of hydrogen-bond donors (Lipinski definition) is 0. The monoisotopic (exact) mass is 205 g/mol. The van der Waals surface area contributed by atoms with Gasteiger partial charge in [-0.25, -0.2) is 0 Å². The van der Waals surface area contributed by atoms with Crippen molar-refractivity contribution >= 4 is 22.5 Å². The molecule has 1 aromatic heterocycles. The summed E-state index contributed by atoms with van der Waals surface area (Å²) in [5.41, 5.74) is 2.14. The van der Waals surface area contributed by atoms with Crippen molar-refractivity contribution < 1.29 is 0 Å². The second kappa shape index (κ2) is 3.25. The Balaban J connectivity index is 2.63. The van der Waals surface area contributed by atoms with Gasteiger partial charge in [0.1, 0.15) is 0 Å². The summed E-state index contributed by atoms with van der Waals surface area (Å²) in [4.78, 5) is 3.95. The second-order valence-corrected chi connectivity index (χ2v) is 4.83. The molecule has 1 nitrogen and oxygen atoms in total. The van der Waals surface area contributed by atoms with E-state index in [0.717, 1.165) is 16.5 Å². The van der Waals surface area contributed by atoms with E-state index in [1.54, 1.807) is 6.20 Å². The summed E-state index contributed by atoms with van der Waals surface area (Å²) in [5, 5.41) is 1.14. The Hall–Kier alpha value is -1.08. The summed E-state index contributed by atoms with van der Waals surface area (Å²) >= 11 is 6.24. The summed E-state index contributed by atoms with van der Waals surface area (Å²) in [5.74, 6) is 0. The molecule has 72 valence electrons. The van der Waals surface area contributed by atoms with Gasteiger partial charge in [0.25, 0.3) is 0 Å². The molecule has 0 spiro atoms. The van der Waals surface area contributed by atoms with Crippen LogP contribution in [0.1, 0.15) is 19.4 Å². The number of hydrogen-bond acceptors (Lipinski definition) is 1. The van der Waals surface area contributed by atoms with Gasteiger partial charge >= 0.3 is 0 Å². The standard InChI is InChI=1S/C12H12ClN/c1-12(2,13)10-5-6-11-9(8-10)4-3-7-14-11/h3-8H,1-2H3. The van der Waals surface area contributed by atoms with Crippen molar-refractivity contribution in [1.29, 1.82) is 0 Å². The summed E-state index contributed by atoms with van der Waals surface area (Å²) in [6.45, 7) is 3.98. The average molecular weight is 206 g/mol. The van der Waals surface area contributed by atoms with Gasteiger partial charge in [-0.05, 0) is 37.6 Å². The molecule has 0 saturated carbocycles. The van der Waals surface area contributed by atoms with Crippen LogP contribution in [0.15, 0.2) is 36.5 Å². The lowest BCUT2D eigenvalue weighted by Gasteiger charge is -2.16. The Kier molecular flexibility index (Phi) is 2.20. The van der Waals surface area contributed by atoms with Crippen molar-refractivity contribution in [2.45, 2.75) is 18.7 Å². The molecule has 0 fully saturated rings. The third-order valence-electron chi connectivity index (χ3n) is 2.29. The Morgan fingerprint density at radius 3 is 2.71 bits per heavy atom. The first-order valence-corrected chi connectivity index (χ1v) is 4.99. The van der Waals surface area contributed by atoms with E-state index in [9.17, 15) is 0 Å². The summed E-state index contributed by atoms with van der Waals surface area (Å²) in [7, 11) is 0. The molecule has 0 atom stereocenters. The van der Waals surface area contributed by atoms with Gasteiger partial charge in [-0.3, -0.25) is 4.98 Å². The molecule has 0 radical (unpaired) electrons. The van der Waals surface area contributed by atoms with Crippen LogP contribution < -0.4 is 0 Å². The lowest BCUT2D eigenvalue weighted by atomic mass is 10.0. The molecule has 2 aromatic rings. The van der Waals surface area contributed by atoms with Gasteiger partial charge in [-0.2, -0.15) is 0 Å². The minimum atomic E-state index is -0.315. The van der Waals surface area contributed by atoms with E-state index in [-0.39, 0.29) is 4.87 Å². The Bertz CT molecular complexity index is 457. The molecular formula is C12H12ClN. The SMILES string of the molecule is CC(C)(Cl)c1ccc2ncccc2c1. The lowest BCUT2D eigenvalue weighted by molar-refractivity contribution is 0.767. The third kappa shape index (κ3) is 1.73. The highest BCUT2D eigenvalue weighted by molar-refractivity contribution is 6.23. The largest absolute Gasteiger partial charge is 0.256 e. The molecule has 0 aliphatic heterocycles. The first-order valence-electron chi connectivity index (χ1n) is 4.61. The molecule has 0 unspecified atom stereocenters. The topological polar surface area (TPSA) is 12.9 Å². The number of rotatable bonds is 1.